The summed E-state index contributed by atoms with van der Waals surface area (Å²) in [7, 11) is 1.65. The lowest BCUT2D eigenvalue weighted by atomic mass is 9.96. The predicted molar refractivity (Wildman–Crippen MR) is 116 cm³/mol. The molecule has 1 fully saturated rings. The molecule has 0 bridgehead atoms. The van der Waals surface area contributed by atoms with Crippen LogP contribution in [-0.2, 0) is 22.5 Å². The van der Waals surface area contributed by atoms with Gasteiger partial charge in [0.1, 0.15) is 11.5 Å². The lowest BCUT2D eigenvalue weighted by Crippen LogP contribution is -2.36. The largest absolute Gasteiger partial charge is 0.507 e. The second kappa shape index (κ2) is 9.39. The molecule has 0 unspecified atom stereocenters. The van der Waals surface area contributed by atoms with Crippen molar-refractivity contribution in [2.45, 2.75) is 32.7 Å². The molecule has 164 valence electrons. The number of carbonyl (C=O) groups is 1. The Labute approximate surface area is 181 Å². The fourth-order valence-corrected chi connectivity index (χ4v) is 4.22. The lowest BCUT2D eigenvalue weighted by Gasteiger charge is -2.30. The third kappa shape index (κ3) is 4.51. The number of fused-ring (bicyclic) bond motifs is 1. The van der Waals surface area contributed by atoms with Crippen molar-refractivity contribution in [3.63, 3.8) is 0 Å². The topological polar surface area (TPSA) is 85.0 Å². The Hall–Kier alpha value is -3.06. The summed E-state index contributed by atoms with van der Waals surface area (Å²) in [5.74, 6) is 0.851. The molecule has 7 heteroatoms. The second-order valence-corrected chi connectivity index (χ2v) is 7.86. The highest BCUT2D eigenvalue weighted by Crippen LogP contribution is 2.33. The van der Waals surface area contributed by atoms with Gasteiger partial charge in [0, 0.05) is 23.9 Å². The molecule has 0 spiro atoms. The molecule has 0 radical (unpaired) electrons. The Morgan fingerprint density at radius 1 is 1.23 bits per heavy atom. The maximum Gasteiger partial charge on any atom is 0.309 e. The first-order chi connectivity index (χ1) is 15.1. The summed E-state index contributed by atoms with van der Waals surface area (Å²) in [6, 6.07) is 11.4. The van der Waals surface area contributed by atoms with Gasteiger partial charge in [0.15, 0.2) is 5.58 Å². The van der Waals surface area contributed by atoms with Crippen LogP contribution < -0.4 is 4.74 Å². The Morgan fingerprint density at radius 3 is 2.74 bits per heavy atom. The third-order valence-electron chi connectivity index (χ3n) is 5.93. The molecule has 1 N–H and O–H groups in total. The number of phenols is 1. The van der Waals surface area contributed by atoms with Crippen molar-refractivity contribution in [1.29, 1.82) is 0 Å². The summed E-state index contributed by atoms with van der Waals surface area (Å²) in [6.45, 7) is 4.32. The van der Waals surface area contributed by atoms with Gasteiger partial charge >= 0.3 is 5.97 Å². The maximum absolute atomic E-state index is 12.0. The zero-order chi connectivity index (χ0) is 21.8. The van der Waals surface area contributed by atoms with Gasteiger partial charge in [-0.05, 0) is 51.1 Å². The molecule has 3 aromatic rings. The van der Waals surface area contributed by atoms with Crippen LogP contribution in [0.3, 0.4) is 0 Å². The molecule has 1 aromatic heterocycles. The number of hydrogen-bond donors (Lipinski definition) is 1. The summed E-state index contributed by atoms with van der Waals surface area (Å²) in [5, 5.41) is 15.7. The molecule has 7 nitrogen and oxygen atoms in total. The summed E-state index contributed by atoms with van der Waals surface area (Å²) in [4.78, 5) is 14.2. The smallest absolute Gasteiger partial charge is 0.309 e. The van der Waals surface area contributed by atoms with Gasteiger partial charge in [-0.3, -0.25) is 9.69 Å². The van der Waals surface area contributed by atoms with E-state index in [1.165, 1.54) is 0 Å². The second-order valence-electron chi connectivity index (χ2n) is 7.86. The highest BCUT2D eigenvalue weighted by atomic mass is 16.5. The van der Waals surface area contributed by atoms with Gasteiger partial charge in [0.05, 0.1) is 30.9 Å². The Bertz CT molecular complexity index is 1050. The number of rotatable bonds is 7. The van der Waals surface area contributed by atoms with E-state index < -0.39 is 0 Å². The van der Waals surface area contributed by atoms with E-state index in [1.54, 1.807) is 13.2 Å². The highest BCUT2D eigenvalue weighted by Gasteiger charge is 2.27. The number of carbonyl (C=O) groups excluding carboxylic acids is 1. The number of phenolic OH excluding ortho intramolecular Hbond substituents is 1. The number of ether oxygens (including phenoxy) is 2. The number of hydrogen-bond acceptors (Lipinski definition) is 7. The van der Waals surface area contributed by atoms with E-state index in [-0.39, 0.29) is 17.6 Å². The third-order valence-corrected chi connectivity index (χ3v) is 5.93. The Kier molecular flexibility index (Phi) is 6.42. The summed E-state index contributed by atoms with van der Waals surface area (Å²) >= 11 is 0. The van der Waals surface area contributed by atoms with Gasteiger partial charge in [-0.2, -0.15) is 0 Å². The van der Waals surface area contributed by atoms with E-state index in [0.717, 1.165) is 53.9 Å². The fraction of sp³-hybridized carbons (Fsp3) is 0.417. The molecule has 1 aliphatic heterocycles. The minimum atomic E-state index is -0.108. The summed E-state index contributed by atoms with van der Waals surface area (Å²) in [5.41, 5.74) is 3.17. The number of para-hydroxylation sites is 1. The van der Waals surface area contributed by atoms with Gasteiger partial charge in [0.2, 0.25) is 0 Å². The SMILES string of the molecule is CCOC(=O)C1CCN(Cc2c(O)ccc3c(Cc4ccccc4OC)noc23)CC1. The van der Waals surface area contributed by atoms with E-state index in [9.17, 15) is 9.90 Å². The van der Waals surface area contributed by atoms with Crippen LogP contribution >= 0.6 is 0 Å². The number of likely N-dealkylation sites (tertiary alicyclic amines) is 1. The van der Waals surface area contributed by atoms with Crippen molar-refractivity contribution in [3.05, 3.63) is 53.2 Å². The molecule has 0 saturated carbocycles. The van der Waals surface area contributed by atoms with Crippen molar-refractivity contribution >= 4 is 16.9 Å². The van der Waals surface area contributed by atoms with Crippen molar-refractivity contribution in [1.82, 2.24) is 10.1 Å². The first-order valence-electron chi connectivity index (χ1n) is 10.7. The predicted octanol–water partition coefficient (Wildman–Crippen LogP) is 3.91. The number of benzene rings is 2. The average molecular weight is 424 g/mol. The first kappa shape index (κ1) is 21.2. The van der Waals surface area contributed by atoms with Crippen molar-refractivity contribution in [3.8, 4) is 11.5 Å². The fourth-order valence-electron chi connectivity index (χ4n) is 4.22. The monoisotopic (exact) mass is 424 g/mol. The van der Waals surface area contributed by atoms with Crippen molar-refractivity contribution in [2.75, 3.05) is 26.8 Å². The summed E-state index contributed by atoms with van der Waals surface area (Å²) in [6.07, 6.45) is 2.09. The molecule has 0 aliphatic carbocycles. The van der Waals surface area contributed by atoms with Crippen molar-refractivity contribution in [2.24, 2.45) is 5.92 Å². The molecule has 1 aliphatic rings. The number of methoxy groups -OCH3 is 1. The first-order valence-corrected chi connectivity index (χ1v) is 10.7. The highest BCUT2D eigenvalue weighted by molar-refractivity contribution is 5.85. The molecule has 0 atom stereocenters. The minimum absolute atomic E-state index is 0.0432. The van der Waals surface area contributed by atoms with Gasteiger partial charge in [-0.15, -0.1) is 0 Å². The average Bonchev–Trinajstić information content (AvgIpc) is 3.19. The van der Waals surface area contributed by atoms with E-state index in [4.69, 9.17) is 14.0 Å². The standard InChI is InChI=1S/C24H28N2O5/c1-3-30-24(28)16-10-12-26(13-11-16)15-19-21(27)9-8-18-20(25-31-23(18)19)14-17-6-4-5-7-22(17)29-2/h4-9,16,27H,3,10-15H2,1-2H3. The Morgan fingerprint density at radius 2 is 2.00 bits per heavy atom. The number of piperidine rings is 1. The minimum Gasteiger partial charge on any atom is -0.507 e. The van der Waals surface area contributed by atoms with E-state index in [1.807, 2.05) is 37.3 Å². The molecule has 4 rings (SSSR count). The Balaban J connectivity index is 1.52. The van der Waals surface area contributed by atoms with Crippen LogP contribution in [0.4, 0.5) is 0 Å². The van der Waals surface area contributed by atoms with E-state index >= 15 is 0 Å². The molecule has 2 aromatic carbocycles. The van der Waals surface area contributed by atoms with Crippen LogP contribution in [0.1, 0.15) is 36.6 Å². The zero-order valence-electron chi connectivity index (χ0n) is 18.0. The van der Waals surface area contributed by atoms with Gasteiger partial charge in [0.25, 0.3) is 0 Å². The van der Waals surface area contributed by atoms with E-state index in [2.05, 4.69) is 10.1 Å². The molecule has 1 saturated heterocycles. The van der Waals surface area contributed by atoms with E-state index in [0.29, 0.717) is 25.2 Å². The van der Waals surface area contributed by atoms with Gasteiger partial charge in [-0.1, -0.05) is 23.4 Å². The van der Waals surface area contributed by atoms with Gasteiger partial charge in [-0.25, -0.2) is 0 Å². The molecule has 2 heterocycles. The molecular formula is C24H28N2O5. The quantitative estimate of drug-likeness (QED) is 0.576. The molecule has 31 heavy (non-hydrogen) atoms. The number of esters is 1. The number of aromatic hydroxyl groups is 1. The van der Waals surface area contributed by atoms with Crippen LogP contribution in [-0.4, -0.2) is 47.9 Å². The lowest BCUT2D eigenvalue weighted by molar-refractivity contribution is -0.149. The number of aromatic nitrogens is 1. The van der Waals surface area contributed by atoms with Crippen LogP contribution in [0.5, 0.6) is 11.5 Å². The summed E-state index contributed by atoms with van der Waals surface area (Å²) < 4.78 is 16.3. The molecule has 0 amide bonds. The van der Waals surface area contributed by atoms with Crippen molar-refractivity contribution < 1.29 is 23.9 Å². The zero-order valence-corrected chi connectivity index (χ0v) is 18.0. The van der Waals surface area contributed by atoms with Crippen LogP contribution in [0.15, 0.2) is 40.9 Å². The molecular weight excluding hydrogens is 396 g/mol. The van der Waals surface area contributed by atoms with Gasteiger partial charge < -0.3 is 19.1 Å². The van der Waals surface area contributed by atoms with Crippen LogP contribution in [0, 0.1) is 5.92 Å². The number of nitrogens with zero attached hydrogens (tertiary/aromatic N) is 2. The maximum atomic E-state index is 12.0. The normalized spacial score (nSPS) is 15.3. The van der Waals surface area contributed by atoms with Crippen LogP contribution in [0.2, 0.25) is 0 Å². The van der Waals surface area contributed by atoms with Crippen LogP contribution in [0.25, 0.3) is 11.0 Å².